The van der Waals surface area contributed by atoms with Gasteiger partial charge < -0.3 is 29.9 Å². The molecule has 0 unspecified atom stereocenters. The predicted molar refractivity (Wildman–Crippen MR) is 59.6 cm³/mol. The molecule has 0 spiro atoms. The van der Waals surface area contributed by atoms with E-state index in [2.05, 4.69) is 6.58 Å². The lowest BCUT2D eigenvalue weighted by Gasteiger charge is -2.31. The second kappa shape index (κ2) is 6.81. The second-order valence-electron chi connectivity index (χ2n) is 4.08. The van der Waals surface area contributed by atoms with Crippen LogP contribution in [0.4, 0.5) is 0 Å². The predicted octanol–water partition coefficient (Wildman–Crippen LogP) is -2.05. The van der Waals surface area contributed by atoms with Crippen LogP contribution in [0.5, 0.6) is 0 Å². The van der Waals surface area contributed by atoms with Gasteiger partial charge in [-0.25, -0.2) is 4.79 Å². The van der Waals surface area contributed by atoms with Crippen LogP contribution in [0.3, 0.4) is 0 Å². The van der Waals surface area contributed by atoms with Gasteiger partial charge in [0.2, 0.25) is 0 Å². The van der Waals surface area contributed by atoms with E-state index in [-0.39, 0.29) is 18.8 Å². The molecular formula is C11H18O7. The van der Waals surface area contributed by atoms with Crippen molar-refractivity contribution in [2.45, 2.75) is 30.8 Å². The van der Waals surface area contributed by atoms with Crippen LogP contribution in [0, 0.1) is 0 Å². The van der Waals surface area contributed by atoms with Gasteiger partial charge in [0.1, 0.15) is 24.9 Å². The van der Waals surface area contributed by atoms with E-state index in [0.717, 1.165) is 0 Å². The Labute approximate surface area is 104 Å². The van der Waals surface area contributed by atoms with Gasteiger partial charge in [0, 0.05) is 6.61 Å². The molecular weight excluding hydrogens is 244 g/mol. The monoisotopic (exact) mass is 262 g/mol. The van der Waals surface area contributed by atoms with Gasteiger partial charge in [-0.15, -0.1) is 0 Å². The number of aliphatic hydroxyl groups is 4. The Kier molecular flexibility index (Phi) is 5.70. The molecule has 0 aromatic heterocycles. The van der Waals surface area contributed by atoms with Gasteiger partial charge in [-0.2, -0.15) is 0 Å². The Hall–Kier alpha value is -0.990. The van der Waals surface area contributed by atoms with Crippen LogP contribution < -0.4 is 0 Å². The first-order valence-corrected chi connectivity index (χ1v) is 5.60. The molecule has 4 atom stereocenters. The Bertz CT molecular complexity index is 304. The molecule has 0 aliphatic carbocycles. The first kappa shape index (κ1) is 15.1. The third-order valence-corrected chi connectivity index (χ3v) is 2.74. The minimum absolute atomic E-state index is 0.256. The summed E-state index contributed by atoms with van der Waals surface area (Å²) in [4.78, 5) is 11.4. The quantitative estimate of drug-likeness (QED) is 0.333. The third-order valence-electron chi connectivity index (χ3n) is 2.74. The van der Waals surface area contributed by atoms with Crippen LogP contribution in [0.2, 0.25) is 0 Å². The van der Waals surface area contributed by atoms with Crippen molar-refractivity contribution >= 4 is 5.97 Å². The minimum atomic E-state index is -1.37. The highest BCUT2D eigenvalue weighted by atomic mass is 16.6. The molecule has 18 heavy (non-hydrogen) atoms. The summed E-state index contributed by atoms with van der Waals surface area (Å²) in [5.74, 6) is -0.882. The Morgan fingerprint density at radius 3 is 2.78 bits per heavy atom. The summed E-state index contributed by atoms with van der Waals surface area (Å²) in [7, 11) is 0. The zero-order valence-corrected chi connectivity index (χ0v) is 9.86. The lowest BCUT2D eigenvalue weighted by Crippen LogP contribution is -2.47. The van der Waals surface area contributed by atoms with E-state index in [4.69, 9.17) is 19.7 Å². The molecule has 1 saturated heterocycles. The number of ether oxygens (including phenoxy) is 2. The summed E-state index contributed by atoms with van der Waals surface area (Å²) in [5, 5.41) is 36.7. The highest BCUT2D eigenvalue weighted by molar-refractivity contribution is 5.88. The lowest BCUT2D eigenvalue weighted by molar-refractivity contribution is -0.167. The number of carbonyl (C=O) groups is 1. The number of rotatable bonds is 5. The first-order chi connectivity index (χ1) is 8.47. The number of hydrogen-bond donors (Lipinski definition) is 4. The average molecular weight is 262 g/mol. The summed E-state index contributed by atoms with van der Waals surface area (Å²) in [6, 6.07) is 0. The minimum Gasteiger partial charge on any atom is -0.459 e. The first-order valence-electron chi connectivity index (χ1n) is 5.60. The zero-order chi connectivity index (χ0) is 13.7. The van der Waals surface area contributed by atoms with Crippen LogP contribution in [0.1, 0.15) is 6.42 Å². The highest BCUT2D eigenvalue weighted by Gasteiger charge is 2.32. The molecule has 7 heteroatoms. The van der Waals surface area contributed by atoms with Gasteiger partial charge in [-0.05, 0) is 6.42 Å². The largest absolute Gasteiger partial charge is 0.459 e. The van der Waals surface area contributed by atoms with E-state index in [1.807, 2.05) is 0 Å². The fourth-order valence-corrected chi connectivity index (χ4v) is 1.50. The molecule has 7 nitrogen and oxygen atoms in total. The van der Waals surface area contributed by atoms with Gasteiger partial charge in [0.25, 0.3) is 0 Å². The molecule has 0 amide bonds. The van der Waals surface area contributed by atoms with Crippen molar-refractivity contribution in [2.24, 2.45) is 0 Å². The Morgan fingerprint density at radius 2 is 2.17 bits per heavy atom. The molecule has 0 aromatic carbocycles. The molecule has 1 aliphatic heterocycles. The summed E-state index contributed by atoms with van der Waals surface area (Å²) in [6.45, 7) is 2.66. The molecule has 0 aromatic rings. The highest BCUT2D eigenvalue weighted by Crippen LogP contribution is 2.15. The van der Waals surface area contributed by atoms with Crippen LogP contribution >= 0.6 is 0 Å². The fourth-order valence-electron chi connectivity index (χ4n) is 1.50. The Balaban J connectivity index is 2.40. The van der Waals surface area contributed by atoms with E-state index in [1.165, 1.54) is 0 Å². The maximum atomic E-state index is 11.4. The van der Waals surface area contributed by atoms with Crippen LogP contribution in [-0.2, 0) is 14.3 Å². The van der Waals surface area contributed by atoms with Gasteiger partial charge in [-0.3, -0.25) is 0 Å². The summed E-state index contributed by atoms with van der Waals surface area (Å²) >= 11 is 0. The zero-order valence-electron chi connectivity index (χ0n) is 9.86. The fraction of sp³-hybridized carbons (Fsp3) is 0.727. The molecule has 1 heterocycles. The van der Waals surface area contributed by atoms with E-state index in [1.54, 1.807) is 0 Å². The average Bonchev–Trinajstić information content (AvgIpc) is 2.38. The summed E-state index contributed by atoms with van der Waals surface area (Å²) in [6.07, 6.45) is -3.89. The molecule has 1 rings (SSSR count). The maximum absolute atomic E-state index is 11.4. The number of carbonyl (C=O) groups excluding carboxylic acids is 1. The van der Waals surface area contributed by atoms with Crippen LogP contribution in [0.15, 0.2) is 12.2 Å². The van der Waals surface area contributed by atoms with Crippen molar-refractivity contribution in [1.29, 1.82) is 0 Å². The molecule has 0 bridgehead atoms. The van der Waals surface area contributed by atoms with E-state index in [9.17, 15) is 15.0 Å². The number of hydrogen-bond acceptors (Lipinski definition) is 7. The van der Waals surface area contributed by atoms with Crippen molar-refractivity contribution < 1.29 is 34.7 Å². The van der Waals surface area contributed by atoms with Crippen molar-refractivity contribution in [2.75, 3.05) is 19.8 Å². The molecule has 4 N–H and O–H groups in total. The van der Waals surface area contributed by atoms with Gasteiger partial charge in [0.05, 0.1) is 18.3 Å². The molecule has 0 radical (unpaired) electrons. The van der Waals surface area contributed by atoms with Crippen LogP contribution in [-0.4, -0.2) is 70.6 Å². The Morgan fingerprint density at radius 1 is 1.50 bits per heavy atom. The summed E-state index contributed by atoms with van der Waals surface area (Å²) in [5.41, 5.74) is -0.275. The van der Waals surface area contributed by atoms with Gasteiger partial charge in [0.15, 0.2) is 0 Å². The lowest BCUT2D eigenvalue weighted by atomic mass is 10.0. The standard InChI is InChI=1S/C11H18O7/c1-6(8(14)4-12)11(16)18-5-9-10(15)7(13)2-3-17-9/h7-10,12-15H,1-5H2/t7-,8-,9-,10+/m1/s1. The SMILES string of the molecule is C=C(C(=O)OC[C@H]1OCC[C@@H](O)[C@@H]1O)[C@H](O)CO. The maximum Gasteiger partial charge on any atom is 0.336 e. The van der Waals surface area contributed by atoms with E-state index in [0.29, 0.717) is 6.42 Å². The summed E-state index contributed by atoms with van der Waals surface area (Å²) < 4.78 is 9.93. The second-order valence-corrected chi connectivity index (χ2v) is 4.08. The van der Waals surface area contributed by atoms with Crippen LogP contribution in [0.25, 0.3) is 0 Å². The van der Waals surface area contributed by atoms with E-state index < -0.39 is 37.0 Å². The van der Waals surface area contributed by atoms with Gasteiger partial charge >= 0.3 is 5.97 Å². The topological polar surface area (TPSA) is 116 Å². The van der Waals surface area contributed by atoms with Gasteiger partial charge in [-0.1, -0.05) is 6.58 Å². The molecule has 1 fully saturated rings. The van der Waals surface area contributed by atoms with Crippen molar-refractivity contribution in [3.8, 4) is 0 Å². The molecule has 0 saturated carbocycles. The van der Waals surface area contributed by atoms with E-state index >= 15 is 0 Å². The van der Waals surface area contributed by atoms with Crippen molar-refractivity contribution in [3.05, 3.63) is 12.2 Å². The smallest absolute Gasteiger partial charge is 0.336 e. The molecule has 1 aliphatic rings. The number of esters is 1. The normalized spacial score (nSPS) is 29.7. The van der Waals surface area contributed by atoms with Crippen molar-refractivity contribution in [3.63, 3.8) is 0 Å². The third kappa shape index (κ3) is 3.76. The van der Waals surface area contributed by atoms with Crippen molar-refractivity contribution in [1.82, 2.24) is 0 Å². The number of aliphatic hydroxyl groups excluding tert-OH is 4. The molecule has 104 valence electrons.